The Morgan fingerprint density at radius 1 is 1.00 bits per heavy atom. The lowest BCUT2D eigenvalue weighted by Gasteiger charge is -2.28. The Balaban J connectivity index is 1.37. The molecular weight excluding hydrogens is 340 g/mol. The summed E-state index contributed by atoms with van der Waals surface area (Å²) < 4.78 is 5.40. The average Bonchev–Trinajstić information content (AvgIpc) is 2.75. The predicted octanol–water partition coefficient (Wildman–Crippen LogP) is 3.06. The molecule has 2 aromatic heterocycles. The molecule has 1 aromatic carbocycles. The number of rotatable bonds is 6. The summed E-state index contributed by atoms with van der Waals surface area (Å²) in [7, 11) is 0. The highest BCUT2D eigenvalue weighted by atomic mass is 16.5. The van der Waals surface area contributed by atoms with Gasteiger partial charge in [-0.15, -0.1) is 0 Å². The first kappa shape index (κ1) is 17.2. The Kier molecular flexibility index (Phi) is 5.40. The molecule has 1 fully saturated rings. The van der Waals surface area contributed by atoms with Crippen molar-refractivity contribution in [3.05, 3.63) is 66.6 Å². The van der Waals surface area contributed by atoms with Crippen molar-refractivity contribution in [1.29, 1.82) is 0 Å². The van der Waals surface area contributed by atoms with Crippen LogP contribution in [0.25, 0.3) is 0 Å². The van der Waals surface area contributed by atoms with Crippen LogP contribution in [0.3, 0.4) is 0 Å². The van der Waals surface area contributed by atoms with E-state index in [0.717, 1.165) is 43.4 Å². The number of benzene rings is 1. The van der Waals surface area contributed by atoms with Gasteiger partial charge in [0.2, 0.25) is 5.95 Å². The number of hydrogen-bond donors (Lipinski definition) is 2. The minimum Gasteiger partial charge on any atom is -0.378 e. The molecule has 0 amide bonds. The number of pyridine rings is 1. The highest BCUT2D eigenvalue weighted by Crippen LogP contribution is 2.21. The molecule has 0 aliphatic carbocycles. The average molecular weight is 362 g/mol. The molecule has 0 spiro atoms. The maximum Gasteiger partial charge on any atom is 0.229 e. The van der Waals surface area contributed by atoms with Crippen molar-refractivity contribution >= 4 is 23.1 Å². The van der Waals surface area contributed by atoms with Crippen LogP contribution in [0.15, 0.2) is 61.1 Å². The maximum atomic E-state index is 5.40. The molecule has 0 atom stereocenters. The van der Waals surface area contributed by atoms with E-state index in [1.807, 2.05) is 36.5 Å². The second-order valence-corrected chi connectivity index (χ2v) is 6.25. The Morgan fingerprint density at radius 3 is 2.63 bits per heavy atom. The van der Waals surface area contributed by atoms with Gasteiger partial charge in [0.25, 0.3) is 0 Å². The van der Waals surface area contributed by atoms with E-state index < -0.39 is 0 Å². The number of morpholine rings is 1. The number of ether oxygens (including phenoxy) is 1. The Bertz CT molecular complexity index is 850. The monoisotopic (exact) mass is 362 g/mol. The smallest absolute Gasteiger partial charge is 0.229 e. The quantitative estimate of drug-likeness (QED) is 0.698. The zero-order chi connectivity index (χ0) is 18.3. The molecule has 1 saturated heterocycles. The third-order valence-electron chi connectivity index (χ3n) is 4.35. The molecule has 0 saturated carbocycles. The molecule has 0 unspecified atom stereocenters. The van der Waals surface area contributed by atoms with Gasteiger partial charge in [0.05, 0.1) is 13.2 Å². The first-order chi connectivity index (χ1) is 13.4. The van der Waals surface area contributed by atoms with Gasteiger partial charge in [-0.25, -0.2) is 4.98 Å². The number of aromatic nitrogens is 3. The molecule has 2 N–H and O–H groups in total. The fourth-order valence-electron chi connectivity index (χ4n) is 2.92. The van der Waals surface area contributed by atoms with E-state index in [4.69, 9.17) is 4.74 Å². The van der Waals surface area contributed by atoms with Gasteiger partial charge < -0.3 is 20.3 Å². The van der Waals surface area contributed by atoms with Crippen molar-refractivity contribution in [3.63, 3.8) is 0 Å². The summed E-state index contributed by atoms with van der Waals surface area (Å²) in [6, 6.07) is 14.1. The molecule has 4 rings (SSSR count). The predicted molar refractivity (Wildman–Crippen MR) is 106 cm³/mol. The number of hydrogen-bond acceptors (Lipinski definition) is 7. The highest BCUT2D eigenvalue weighted by molar-refractivity contribution is 5.60. The summed E-state index contributed by atoms with van der Waals surface area (Å²) in [5, 5.41) is 6.54. The summed E-state index contributed by atoms with van der Waals surface area (Å²) in [6.07, 6.45) is 5.34. The van der Waals surface area contributed by atoms with Gasteiger partial charge in [0.1, 0.15) is 5.82 Å². The molecule has 0 radical (unpaired) electrons. The van der Waals surface area contributed by atoms with Crippen LogP contribution >= 0.6 is 0 Å². The maximum absolute atomic E-state index is 5.40. The minimum atomic E-state index is 0.560. The van der Waals surface area contributed by atoms with Crippen LogP contribution in [0.2, 0.25) is 0 Å². The fraction of sp³-hybridized carbons (Fsp3) is 0.250. The first-order valence-corrected chi connectivity index (χ1v) is 9.02. The third-order valence-corrected chi connectivity index (χ3v) is 4.35. The standard InChI is InChI=1S/C20H22N6O/c1-2-16(14-21-8-1)15-23-19-7-9-22-20(25-19)24-17-3-5-18(6-4-17)26-10-12-27-13-11-26/h1-9,14H,10-13,15H2,(H2,22,23,24,25). The molecule has 1 aliphatic heterocycles. The van der Waals surface area contributed by atoms with Crippen molar-refractivity contribution in [1.82, 2.24) is 15.0 Å². The molecular formula is C20H22N6O. The normalized spacial score (nSPS) is 14.0. The van der Waals surface area contributed by atoms with E-state index in [1.54, 1.807) is 12.4 Å². The molecule has 7 nitrogen and oxygen atoms in total. The van der Waals surface area contributed by atoms with E-state index in [9.17, 15) is 0 Å². The van der Waals surface area contributed by atoms with Gasteiger partial charge in [-0.1, -0.05) is 6.07 Å². The van der Waals surface area contributed by atoms with Crippen molar-refractivity contribution in [2.45, 2.75) is 6.54 Å². The van der Waals surface area contributed by atoms with E-state index >= 15 is 0 Å². The second-order valence-electron chi connectivity index (χ2n) is 6.25. The molecule has 3 aromatic rings. The molecule has 3 heterocycles. The summed E-state index contributed by atoms with van der Waals surface area (Å²) in [5.41, 5.74) is 3.26. The van der Waals surface area contributed by atoms with Crippen molar-refractivity contribution in [3.8, 4) is 0 Å². The topological polar surface area (TPSA) is 75.2 Å². The van der Waals surface area contributed by atoms with Gasteiger partial charge in [-0.05, 0) is 42.0 Å². The first-order valence-electron chi connectivity index (χ1n) is 9.02. The second kappa shape index (κ2) is 8.46. The lowest BCUT2D eigenvalue weighted by atomic mass is 10.2. The number of nitrogens with one attached hydrogen (secondary N) is 2. The van der Waals surface area contributed by atoms with Gasteiger partial charge >= 0.3 is 0 Å². The number of anilines is 4. The van der Waals surface area contributed by atoms with Gasteiger partial charge in [-0.2, -0.15) is 4.98 Å². The molecule has 138 valence electrons. The molecule has 27 heavy (non-hydrogen) atoms. The van der Waals surface area contributed by atoms with E-state index in [1.165, 1.54) is 5.69 Å². The SMILES string of the molecule is c1cncc(CNc2ccnc(Nc3ccc(N4CCOCC4)cc3)n2)c1. The Morgan fingerprint density at radius 2 is 1.85 bits per heavy atom. The van der Waals surface area contributed by atoms with Gasteiger partial charge in [-0.3, -0.25) is 4.98 Å². The van der Waals surface area contributed by atoms with Crippen LogP contribution < -0.4 is 15.5 Å². The number of nitrogens with zero attached hydrogens (tertiary/aromatic N) is 4. The summed E-state index contributed by atoms with van der Waals surface area (Å²) in [6.45, 7) is 4.10. The van der Waals surface area contributed by atoms with E-state index in [-0.39, 0.29) is 0 Å². The summed E-state index contributed by atoms with van der Waals surface area (Å²) in [4.78, 5) is 15.3. The van der Waals surface area contributed by atoms with Gasteiger partial charge in [0.15, 0.2) is 0 Å². The Labute approximate surface area is 158 Å². The van der Waals surface area contributed by atoms with Crippen molar-refractivity contribution in [2.75, 3.05) is 41.8 Å². The lowest BCUT2D eigenvalue weighted by Crippen LogP contribution is -2.36. The Hall–Kier alpha value is -3.19. The van der Waals surface area contributed by atoms with Gasteiger partial charge in [0, 0.05) is 49.6 Å². The van der Waals surface area contributed by atoms with Crippen LogP contribution in [0, 0.1) is 0 Å². The van der Waals surface area contributed by atoms with Crippen LogP contribution in [0.5, 0.6) is 0 Å². The summed E-state index contributed by atoms with van der Waals surface area (Å²) >= 11 is 0. The zero-order valence-electron chi connectivity index (χ0n) is 15.0. The van der Waals surface area contributed by atoms with Crippen LogP contribution in [-0.4, -0.2) is 41.3 Å². The molecule has 0 bridgehead atoms. The van der Waals surface area contributed by atoms with Crippen LogP contribution in [0.4, 0.5) is 23.1 Å². The summed E-state index contributed by atoms with van der Waals surface area (Å²) in [5.74, 6) is 1.33. The van der Waals surface area contributed by atoms with Crippen molar-refractivity contribution < 1.29 is 4.74 Å². The lowest BCUT2D eigenvalue weighted by molar-refractivity contribution is 0.122. The minimum absolute atomic E-state index is 0.560. The van der Waals surface area contributed by atoms with Crippen LogP contribution in [-0.2, 0) is 11.3 Å². The van der Waals surface area contributed by atoms with Crippen LogP contribution in [0.1, 0.15) is 5.56 Å². The molecule has 7 heteroatoms. The highest BCUT2D eigenvalue weighted by Gasteiger charge is 2.10. The van der Waals surface area contributed by atoms with E-state index in [0.29, 0.717) is 12.5 Å². The fourth-order valence-corrected chi connectivity index (χ4v) is 2.92. The van der Waals surface area contributed by atoms with E-state index in [2.05, 4.69) is 42.6 Å². The third kappa shape index (κ3) is 4.71. The largest absolute Gasteiger partial charge is 0.378 e. The zero-order valence-corrected chi connectivity index (χ0v) is 15.0. The van der Waals surface area contributed by atoms with Crippen molar-refractivity contribution in [2.24, 2.45) is 0 Å². The molecule has 1 aliphatic rings.